The Kier molecular flexibility index (Phi) is 6.25. The molecule has 0 radical (unpaired) electrons. The molecule has 0 aliphatic heterocycles. The van der Waals surface area contributed by atoms with Crippen LogP contribution in [0.1, 0.15) is 41.8 Å². The number of hydrogen-bond donors (Lipinski definition) is 3. The molecule has 1 aromatic heterocycles. The third kappa shape index (κ3) is 4.86. The molecule has 1 aliphatic carbocycles. The molecule has 4 N–H and O–H groups in total. The molecule has 0 spiro atoms. The van der Waals surface area contributed by atoms with Gasteiger partial charge in [0.15, 0.2) is 5.13 Å². The Hall–Kier alpha value is -1.34. The average molecular weight is 312 g/mol. The second kappa shape index (κ2) is 8.19. The molecule has 1 saturated carbocycles. The second-order valence-electron chi connectivity index (χ2n) is 5.37. The highest BCUT2D eigenvalue weighted by Crippen LogP contribution is 2.26. The third-order valence-electron chi connectivity index (χ3n) is 3.72. The number of methoxy groups -OCH3 is 1. The summed E-state index contributed by atoms with van der Waals surface area (Å²) >= 11 is 1.29. The number of carbonyl (C=O) groups excluding carboxylic acids is 1. The highest BCUT2D eigenvalue weighted by molar-refractivity contribution is 7.18. The molecule has 0 bridgehead atoms. The quantitative estimate of drug-likeness (QED) is 0.671. The van der Waals surface area contributed by atoms with Gasteiger partial charge < -0.3 is 21.1 Å². The number of carbonyl (C=O) groups is 1. The summed E-state index contributed by atoms with van der Waals surface area (Å²) in [6.07, 6.45) is 6.29. The van der Waals surface area contributed by atoms with Gasteiger partial charge in [0.2, 0.25) is 0 Å². The van der Waals surface area contributed by atoms with Crippen LogP contribution in [-0.2, 0) is 4.74 Å². The monoisotopic (exact) mass is 312 g/mol. The van der Waals surface area contributed by atoms with Gasteiger partial charge in [0, 0.05) is 20.2 Å². The molecule has 0 aromatic carbocycles. The summed E-state index contributed by atoms with van der Waals surface area (Å²) in [5.74, 6) is 0.785. The number of nitrogens with zero attached hydrogens (tertiary/aromatic N) is 1. The number of rotatable bonds is 7. The molecular weight excluding hydrogens is 288 g/mol. The van der Waals surface area contributed by atoms with E-state index in [9.17, 15) is 4.79 Å². The van der Waals surface area contributed by atoms with Crippen LogP contribution in [0.25, 0.3) is 0 Å². The van der Waals surface area contributed by atoms with Gasteiger partial charge in [0.05, 0.1) is 6.61 Å². The smallest absolute Gasteiger partial charge is 0.265 e. The van der Waals surface area contributed by atoms with Gasteiger partial charge in [-0.15, -0.1) is 0 Å². The van der Waals surface area contributed by atoms with Crippen LogP contribution in [0.2, 0.25) is 0 Å². The van der Waals surface area contributed by atoms with Crippen molar-refractivity contribution in [3.8, 4) is 0 Å². The van der Waals surface area contributed by atoms with Crippen LogP contribution in [0.3, 0.4) is 0 Å². The summed E-state index contributed by atoms with van der Waals surface area (Å²) in [4.78, 5) is 16.8. The van der Waals surface area contributed by atoms with Gasteiger partial charge in [0.25, 0.3) is 5.91 Å². The Balaban J connectivity index is 1.83. The Morgan fingerprint density at radius 2 is 2.19 bits per heavy atom. The maximum absolute atomic E-state index is 12.2. The van der Waals surface area contributed by atoms with Crippen molar-refractivity contribution in [1.29, 1.82) is 0 Å². The summed E-state index contributed by atoms with van der Waals surface area (Å²) in [6, 6.07) is 0. The number of hydrogen-bond acceptors (Lipinski definition) is 6. The van der Waals surface area contributed by atoms with Crippen molar-refractivity contribution < 1.29 is 9.53 Å². The molecule has 0 unspecified atom stereocenters. The van der Waals surface area contributed by atoms with Gasteiger partial charge in [-0.2, -0.15) is 0 Å². The third-order valence-corrected chi connectivity index (χ3v) is 4.75. The zero-order chi connectivity index (χ0) is 15.1. The van der Waals surface area contributed by atoms with Crippen LogP contribution in [0.15, 0.2) is 0 Å². The Bertz CT molecular complexity index is 458. The maximum Gasteiger partial charge on any atom is 0.265 e. The molecule has 6 nitrogen and oxygen atoms in total. The number of nitrogen functional groups attached to an aromatic ring is 1. The van der Waals surface area contributed by atoms with Crippen LogP contribution in [-0.4, -0.2) is 37.7 Å². The first-order valence-corrected chi connectivity index (χ1v) is 8.29. The van der Waals surface area contributed by atoms with Crippen molar-refractivity contribution in [2.24, 2.45) is 5.92 Å². The van der Waals surface area contributed by atoms with Gasteiger partial charge in [-0.3, -0.25) is 4.79 Å². The van der Waals surface area contributed by atoms with E-state index in [4.69, 9.17) is 10.5 Å². The Morgan fingerprint density at radius 3 is 2.90 bits per heavy atom. The van der Waals surface area contributed by atoms with E-state index in [1.807, 2.05) is 0 Å². The van der Waals surface area contributed by atoms with Gasteiger partial charge in [-0.25, -0.2) is 4.98 Å². The minimum Gasteiger partial charge on any atom is -0.383 e. The number of amides is 1. The summed E-state index contributed by atoms with van der Waals surface area (Å²) < 4.78 is 4.96. The summed E-state index contributed by atoms with van der Waals surface area (Å²) in [5, 5.41) is 6.74. The van der Waals surface area contributed by atoms with Crippen molar-refractivity contribution in [3.05, 3.63) is 4.88 Å². The van der Waals surface area contributed by atoms with Crippen molar-refractivity contribution in [2.45, 2.75) is 32.1 Å². The molecule has 118 valence electrons. The number of nitrogens with two attached hydrogens (primary N) is 1. The van der Waals surface area contributed by atoms with E-state index in [1.54, 1.807) is 7.11 Å². The molecule has 1 aliphatic rings. The molecule has 0 atom stereocenters. The molecule has 21 heavy (non-hydrogen) atoms. The molecule has 7 heteroatoms. The topological polar surface area (TPSA) is 89.3 Å². The summed E-state index contributed by atoms with van der Waals surface area (Å²) in [6.45, 7) is 1.97. The lowest BCUT2D eigenvalue weighted by atomic mass is 9.89. The van der Waals surface area contributed by atoms with Crippen molar-refractivity contribution in [1.82, 2.24) is 10.3 Å². The van der Waals surface area contributed by atoms with E-state index in [-0.39, 0.29) is 5.91 Å². The highest BCUT2D eigenvalue weighted by atomic mass is 32.1. The largest absolute Gasteiger partial charge is 0.383 e. The van der Waals surface area contributed by atoms with E-state index in [0.717, 1.165) is 6.54 Å². The van der Waals surface area contributed by atoms with E-state index in [0.29, 0.717) is 34.9 Å². The predicted octanol–water partition coefficient (Wildman–Crippen LogP) is 2.09. The number of thiazole rings is 1. The molecule has 1 heterocycles. The van der Waals surface area contributed by atoms with Crippen molar-refractivity contribution >= 4 is 28.2 Å². The zero-order valence-corrected chi connectivity index (χ0v) is 13.3. The Morgan fingerprint density at radius 1 is 1.43 bits per heavy atom. The SMILES string of the molecule is COCCNc1nc(N)c(C(=O)NCC2CCCCC2)s1. The summed E-state index contributed by atoms with van der Waals surface area (Å²) in [5.41, 5.74) is 5.82. The maximum atomic E-state index is 12.2. The first kappa shape index (κ1) is 16.0. The van der Waals surface area contributed by atoms with Crippen molar-refractivity contribution in [2.75, 3.05) is 37.9 Å². The fourth-order valence-corrected chi connectivity index (χ4v) is 3.37. The fourth-order valence-electron chi connectivity index (χ4n) is 2.54. The number of ether oxygens (including phenoxy) is 1. The van der Waals surface area contributed by atoms with Crippen LogP contribution in [0.5, 0.6) is 0 Å². The molecule has 1 aromatic rings. The zero-order valence-electron chi connectivity index (χ0n) is 12.5. The van der Waals surface area contributed by atoms with E-state index in [1.165, 1.54) is 43.4 Å². The van der Waals surface area contributed by atoms with Gasteiger partial charge in [-0.1, -0.05) is 30.6 Å². The molecule has 2 rings (SSSR count). The lowest BCUT2D eigenvalue weighted by molar-refractivity contribution is 0.0948. The van der Waals surface area contributed by atoms with Crippen LogP contribution in [0, 0.1) is 5.92 Å². The van der Waals surface area contributed by atoms with E-state index < -0.39 is 0 Å². The average Bonchev–Trinajstić information content (AvgIpc) is 2.87. The normalized spacial score (nSPS) is 15.9. The van der Waals surface area contributed by atoms with E-state index in [2.05, 4.69) is 15.6 Å². The standard InChI is InChI=1S/C14H24N4O2S/c1-20-8-7-16-14-18-12(15)11(21-14)13(19)17-9-10-5-3-2-4-6-10/h10H,2-9,15H2,1H3,(H,16,18)(H,17,19). The van der Waals surface area contributed by atoms with Crippen molar-refractivity contribution in [3.63, 3.8) is 0 Å². The van der Waals surface area contributed by atoms with Gasteiger partial charge >= 0.3 is 0 Å². The number of nitrogens with one attached hydrogen (secondary N) is 2. The number of aromatic nitrogens is 1. The van der Waals surface area contributed by atoms with E-state index >= 15 is 0 Å². The second-order valence-corrected chi connectivity index (χ2v) is 6.37. The molecule has 1 amide bonds. The lowest BCUT2D eigenvalue weighted by Gasteiger charge is -2.21. The first-order chi connectivity index (χ1) is 10.2. The molecular formula is C14H24N4O2S. The van der Waals surface area contributed by atoms with Crippen LogP contribution < -0.4 is 16.4 Å². The molecule has 1 fully saturated rings. The van der Waals surface area contributed by atoms with Gasteiger partial charge in [-0.05, 0) is 18.8 Å². The minimum absolute atomic E-state index is 0.115. The van der Waals surface area contributed by atoms with Gasteiger partial charge in [0.1, 0.15) is 10.7 Å². The number of anilines is 2. The summed E-state index contributed by atoms with van der Waals surface area (Å²) in [7, 11) is 1.64. The molecule has 0 saturated heterocycles. The first-order valence-electron chi connectivity index (χ1n) is 7.48. The van der Waals surface area contributed by atoms with Crippen LogP contribution >= 0.6 is 11.3 Å². The Labute approximate surface area is 129 Å². The van der Waals surface area contributed by atoms with Crippen LogP contribution in [0.4, 0.5) is 10.9 Å². The lowest BCUT2D eigenvalue weighted by Crippen LogP contribution is -2.30. The highest BCUT2D eigenvalue weighted by Gasteiger charge is 2.18. The minimum atomic E-state index is -0.115. The fraction of sp³-hybridized carbons (Fsp3) is 0.714. The predicted molar refractivity (Wildman–Crippen MR) is 85.8 cm³/mol.